The zero-order valence-corrected chi connectivity index (χ0v) is 11.2. The standard InChI is InChI=1S/C13H14F2N2O4/c1-21-11(18)5-4-10(12(16)19)17-13(20)8-3-2-7(14)6-9(8)15/h2-3,6,10H,4-5H2,1H3,(H2,16,19)(H,17,20)/t10-/m0/s1. The van der Waals surface area contributed by atoms with E-state index in [0.717, 1.165) is 12.1 Å². The van der Waals surface area contributed by atoms with Gasteiger partial charge in [0.1, 0.15) is 17.7 Å². The molecule has 114 valence electrons. The zero-order chi connectivity index (χ0) is 16.0. The van der Waals surface area contributed by atoms with E-state index in [-0.39, 0.29) is 12.8 Å². The maximum atomic E-state index is 13.4. The van der Waals surface area contributed by atoms with Gasteiger partial charge in [0, 0.05) is 12.5 Å². The third-order valence-electron chi connectivity index (χ3n) is 2.69. The molecule has 0 bridgehead atoms. The van der Waals surface area contributed by atoms with Gasteiger partial charge in [0.05, 0.1) is 12.7 Å². The lowest BCUT2D eigenvalue weighted by molar-refractivity contribution is -0.140. The summed E-state index contributed by atoms with van der Waals surface area (Å²) in [5.74, 6) is -4.29. The topological polar surface area (TPSA) is 98.5 Å². The molecule has 0 fully saturated rings. The Hall–Kier alpha value is -2.51. The van der Waals surface area contributed by atoms with Gasteiger partial charge in [-0.2, -0.15) is 0 Å². The van der Waals surface area contributed by atoms with Crippen LogP contribution in [0.1, 0.15) is 23.2 Å². The minimum atomic E-state index is -1.17. The average Bonchev–Trinajstić information content (AvgIpc) is 2.42. The van der Waals surface area contributed by atoms with Crippen LogP contribution in [0.2, 0.25) is 0 Å². The Morgan fingerprint density at radius 3 is 2.52 bits per heavy atom. The molecule has 0 aliphatic heterocycles. The Labute approximate surface area is 119 Å². The quantitative estimate of drug-likeness (QED) is 0.747. The summed E-state index contributed by atoms with van der Waals surface area (Å²) in [4.78, 5) is 34.0. The number of hydrogen-bond acceptors (Lipinski definition) is 4. The fourth-order valence-electron chi connectivity index (χ4n) is 1.56. The molecular weight excluding hydrogens is 286 g/mol. The number of halogens is 2. The minimum Gasteiger partial charge on any atom is -0.469 e. The van der Waals surface area contributed by atoms with E-state index in [1.807, 2.05) is 0 Å². The lowest BCUT2D eigenvalue weighted by atomic mass is 10.1. The minimum absolute atomic E-state index is 0.0867. The van der Waals surface area contributed by atoms with Gasteiger partial charge in [-0.3, -0.25) is 14.4 Å². The SMILES string of the molecule is COC(=O)CC[C@H](NC(=O)c1ccc(F)cc1F)C(N)=O. The molecule has 8 heteroatoms. The van der Waals surface area contributed by atoms with Crippen molar-refractivity contribution < 1.29 is 27.9 Å². The maximum absolute atomic E-state index is 13.4. The smallest absolute Gasteiger partial charge is 0.305 e. The summed E-state index contributed by atoms with van der Waals surface area (Å²) in [5.41, 5.74) is 4.66. The van der Waals surface area contributed by atoms with Crippen molar-refractivity contribution >= 4 is 17.8 Å². The summed E-state index contributed by atoms with van der Waals surface area (Å²) in [6.07, 6.45) is -0.229. The molecule has 0 aliphatic carbocycles. The van der Waals surface area contributed by atoms with Gasteiger partial charge in [0.25, 0.3) is 5.91 Å². The van der Waals surface area contributed by atoms with Crippen molar-refractivity contribution in [1.29, 1.82) is 0 Å². The molecule has 1 aromatic carbocycles. The maximum Gasteiger partial charge on any atom is 0.305 e. The van der Waals surface area contributed by atoms with Gasteiger partial charge in [-0.25, -0.2) is 8.78 Å². The number of carbonyl (C=O) groups excluding carboxylic acids is 3. The van der Waals surface area contributed by atoms with E-state index in [2.05, 4.69) is 10.1 Å². The molecule has 0 radical (unpaired) electrons. The number of amides is 2. The number of ether oxygens (including phenoxy) is 1. The first kappa shape index (κ1) is 16.5. The highest BCUT2D eigenvalue weighted by Gasteiger charge is 2.22. The Bertz CT molecular complexity index is 563. The van der Waals surface area contributed by atoms with E-state index >= 15 is 0 Å². The number of esters is 1. The lowest BCUT2D eigenvalue weighted by Gasteiger charge is -2.15. The van der Waals surface area contributed by atoms with E-state index < -0.39 is 41.0 Å². The molecular formula is C13H14F2N2O4. The number of benzene rings is 1. The van der Waals surface area contributed by atoms with Gasteiger partial charge in [-0.05, 0) is 18.6 Å². The number of nitrogens with one attached hydrogen (secondary N) is 1. The molecule has 0 heterocycles. The first-order valence-corrected chi connectivity index (χ1v) is 5.97. The van der Waals surface area contributed by atoms with E-state index in [1.165, 1.54) is 7.11 Å². The monoisotopic (exact) mass is 300 g/mol. The van der Waals surface area contributed by atoms with Crippen molar-refractivity contribution in [3.8, 4) is 0 Å². The summed E-state index contributed by atoms with van der Waals surface area (Å²) >= 11 is 0. The third-order valence-corrected chi connectivity index (χ3v) is 2.69. The van der Waals surface area contributed by atoms with Crippen LogP contribution in [0, 0.1) is 11.6 Å². The fourth-order valence-corrected chi connectivity index (χ4v) is 1.56. The van der Waals surface area contributed by atoms with Gasteiger partial charge in [-0.15, -0.1) is 0 Å². The van der Waals surface area contributed by atoms with Crippen molar-refractivity contribution in [1.82, 2.24) is 5.32 Å². The normalized spacial score (nSPS) is 11.6. The van der Waals surface area contributed by atoms with Crippen molar-refractivity contribution in [2.45, 2.75) is 18.9 Å². The summed E-state index contributed by atoms with van der Waals surface area (Å²) in [6, 6.07) is 1.23. The molecule has 0 unspecified atom stereocenters. The third kappa shape index (κ3) is 4.83. The Morgan fingerprint density at radius 2 is 2.00 bits per heavy atom. The van der Waals surface area contributed by atoms with Crippen LogP contribution in [-0.4, -0.2) is 30.9 Å². The molecule has 0 spiro atoms. The van der Waals surface area contributed by atoms with Crippen LogP contribution in [0.15, 0.2) is 18.2 Å². The largest absolute Gasteiger partial charge is 0.469 e. The number of nitrogens with two attached hydrogens (primary N) is 1. The van der Waals surface area contributed by atoms with Crippen LogP contribution in [0.5, 0.6) is 0 Å². The van der Waals surface area contributed by atoms with Crippen LogP contribution in [0.25, 0.3) is 0 Å². The predicted molar refractivity (Wildman–Crippen MR) is 68.1 cm³/mol. The molecule has 1 aromatic rings. The number of hydrogen-bond donors (Lipinski definition) is 2. The Morgan fingerprint density at radius 1 is 1.33 bits per heavy atom. The molecule has 0 saturated heterocycles. The molecule has 1 atom stereocenters. The van der Waals surface area contributed by atoms with Crippen LogP contribution in [0.4, 0.5) is 8.78 Å². The van der Waals surface area contributed by atoms with Gasteiger partial charge in [0.15, 0.2) is 0 Å². The van der Waals surface area contributed by atoms with E-state index in [0.29, 0.717) is 6.07 Å². The summed E-state index contributed by atoms with van der Waals surface area (Å²) in [5, 5.41) is 2.19. The first-order valence-electron chi connectivity index (χ1n) is 5.97. The second-order valence-electron chi connectivity index (χ2n) is 4.17. The molecule has 0 saturated carbocycles. The van der Waals surface area contributed by atoms with Crippen molar-refractivity contribution in [3.05, 3.63) is 35.4 Å². The first-order chi connectivity index (χ1) is 9.85. The summed E-state index contributed by atoms with van der Waals surface area (Å²) < 4.78 is 30.6. The number of carbonyl (C=O) groups is 3. The van der Waals surface area contributed by atoms with Crippen LogP contribution >= 0.6 is 0 Å². The van der Waals surface area contributed by atoms with Gasteiger partial charge >= 0.3 is 5.97 Å². The zero-order valence-electron chi connectivity index (χ0n) is 11.2. The van der Waals surface area contributed by atoms with E-state index in [9.17, 15) is 23.2 Å². The summed E-state index contributed by atoms with van der Waals surface area (Å²) in [6.45, 7) is 0. The van der Waals surface area contributed by atoms with Crippen LogP contribution in [-0.2, 0) is 14.3 Å². The second kappa shape index (κ2) is 7.32. The highest BCUT2D eigenvalue weighted by molar-refractivity contribution is 5.97. The summed E-state index contributed by atoms with van der Waals surface area (Å²) in [7, 11) is 1.17. The van der Waals surface area contributed by atoms with Crippen LogP contribution in [0.3, 0.4) is 0 Å². The molecule has 3 N–H and O–H groups in total. The molecule has 21 heavy (non-hydrogen) atoms. The van der Waals surface area contributed by atoms with Gasteiger partial charge in [-0.1, -0.05) is 0 Å². The Kier molecular flexibility index (Phi) is 5.77. The fraction of sp³-hybridized carbons (Fsp3) is 0.308. The highest BCUT2D eigenvalue weighted by atomic mass is 19.1. The molecule has 6 nitrogen and oxygen atoms in total. The molecule has 0 aliphatic rings. The number of rotatable bonds is 6. The molecule has 2 amide bonds. The average molecular weight is 300 g/mol. The van der Waals surface area contributed by atoms with E-state index in [4.69, 9.17) is 5.73 Å². The Balaban J connectivity index is 2.76. The predicted octanol–water partition coefficient (Wildman–Crippen LogP) is 0.502. The number of primary amides is 1. The molecule has 1 rings (SSSR count). The lowest BCUT2D eigenvalue weighted by Crippen LogP contribution is -2.45. The van der Waals surface area contributed by atoms with Gasteiger partial charge < -0.3 is 15.8 Å². The number of methoxy groups -OCH3 is 1. The van der Waals surface area contributed by atoms with E-state index in [1.54, 1.807) is 0 Å². The van der Waals surface area contributed by atoms with Crippen molar-refractivity contribution in [3.63, 3.8) is 0 Å². The van der Waals surface area contributed by atoms with Crippen LogP contribution < -0.4 is 11.1 Å². The van der Waals surface area contributed by atoms with Gasteiger partial charge in [0.2, 0.25) is 5.91 Å². The molecule has 0 aromatic heterocycles. The van der Waals surface area contributed by atoms with Crippen molar-refractivity contribution in [2.24, 2.45) is 5.73 Å². The second-order valence-corrected chi connectivity index (χ2v) is 4.17. The van der Waals surface area contributed by atoms with Crippen molar-refractivity contribution in [2.75, 3.05) is 7.11 Å². The highest BCUT2D eigenvalue weighted by Crippen LogP contribution is 2.10.